The average Bonchev–Trinajstić information content (AvgIpc) is 2.33. The minimum absolute atomic E-state index is 0.0243. The molecule has 0 fully saturated rings. The van der Waals surface area contributed by atoms with Crippen LogP contribution in [0.1, 0.15) is 12.5 Å². The van der Waals surface area contributed by atoms with Crippen LogP contribution in [0.5, 0.6) is 0 Å². The van der Waals surface area contributed by atoms with E-state index >= 15 is 0 Å². The second kappa shape index (κ2) is 6.56. The largest absolute Gasteiger partial charge is 0.398 e. The third kappa shape index (κ3) is 3.82. The van der Waals surface area contributed by atoms with Gasteiger partial charge in [-0.3, -0.25) is 0 Å². The fourth-order valence-electron chi connectivity index (χ4n) is 1.49. The SMILES string of the molecule is CCOCCN(C)S(=O)(=O)c1cc(N)c(C)cc1Cl. The van der Waals surface area contributed by atoms with Gasteiger partial charge in [0.05, 0.1) is 11.6 Å². The average molecular weight is 307 g/mol. The third-order valence-corrected chi connectivity index (χ3v) is 5.08. The molecule has 0 amide bonds. The summed E-state index contributed by atoms with van der Waals surface area (Å²) >= 11 is 6.00. The number of hydrogen-bond donors (Lipinski definition) is 1. The molecule has 0 saturated carbocycles. The van der Waals surface area contributed by atoms with E-state index in [2.05, 4.69) is 0 Å². The first-order valence-corrected chi connectivity index (χ1v) is 7.72. The van der Waals surface area contributed by atoms with Crippen molar-refractivity contribution in [3.8, 4) is 0 Å². The van der Waals surface area contributed by atoms with Crippen LogP contribution in [-0.2, 0) is 14.8 Å². The van der Waals surface area contributed by atoms with E-state index in [0.717, 1.165) is 5.56 Å². The van der Waals surface area contributed by atoms with Crippen molar-refractivity contribution in [2.75, 3.05) is 32.5 Å². The third-order valence-electron chi connectivity index (χ3n) is 2.76. The van der Waals surface area contributed by atoms with E-state index in [1.807, 2.05) is 6.92 Å². The Bertz CT molecular complexity index is 546. The normalized spacial score (nSPS) is 12.1. The number of sulfonamides is 1. The lowest BCUT2D eigenvalue weighted by atomic mass is 10.2. The van der Waals surface area contributed by atoms with Gasteiger partial charge in [-0.05, 0) is 31.5 Å². The van der Waals surface area contributed by atoms with Crippen LogP contribution in [0.15, 0.2) is 17.0 Å². The smallest absolute Gasteiger partial charge is 0.244 e. The van der Waals surface area contributed by atoms with Gasteiger partial charge in [-0.1, -0.05) is 11.6 Å². The quantitative estimate of drug-likeness (QED) is 0.643. The Labute approximate surface area is 119 Å². The zero-order valence-corrected chi connectivity index (χ0v) is 12.9. The highest BCUT2D eigenvalue weighted by molar-refractivity contribution is 7.89. The molecule has 2 N–H and O–H groups in total. The van der Waals surface area contributed by atoms with Crippen LogP contribution in [0.25, 0.3) is 0 Å². The Hall–Kier alpha value is -0.820. The van der Waals surface area contributed by atoms with Gasteiger partial charge in [0.1, 0.15) is 4.90 Å². The fourth-order valence-corrected chi connectivity index (χ4v) is 3.23. The molecule has 0 radical (unpaired) electrons. The van der Waals surface area contributed by atoms with E-state index in [1.54, 1.807) is 13.0 Å². The van der Waals surface area contributed by atoms with E-state index in [4.69, 9.17) is 22.1 Å². The molecular weight excluding hydrogens is 288 g/mol. The molecule has 0 aliphatic carbocycles. The monoisotopic (exact) mass is 306 g/mol. The molecule has 0 spiro atoms. The molecule has 1 rings (SSSR count). The van der Waals surface area contributed by atoms with Crippen molar-refractivity contribution in [1.29, 1.82) is 0 Å². The van der Waals surface area contributed by atoms with Gasteiger partial charge in [-0.2, -0.15) is 4.31 Å². The summed E-state index contributed by atoms with van der Waals surface area (Å²) in [6.07, 6.45) is 0. The van der Waals surface area contributed by atoms with E-state index in [-0.39, 0.29) is 16.5 Å². The molecule has 1 aromatic carbocycles. The molecule has 0 aliphatic rings. The predicted molar refractivity (Wildman–Crippen MR) is 76.9 cm³/mol. The second-order valence-corrected chi connectivity index (χ2v) is 6.58. The molecule has 0 aliphatic heterocycles. The molecule has 0 saturated heterocycles. The molecule has 0 bridgehead atoms. The first-order valence-electron chi connectivity index (χ1n) is 5.90. The molecule has 0 aromatic heterocycles. The maximum Gasteiger partial charge on any atom is 0.244 e. The van der Waals surface area contributed by atoms with Gasteiger partial charge in [0.15, 0.2) is 0 Å². The number of anilines is 1. The lowest BCUT2D eigenvalue weighted by molar-refractivity contribution is 0.138. The Morgan fingerprint density at radius 3 is 2.63 bits per heavy atom. The highest BCUT2D eigenvalue weighted by Gasteiger charge is 2.24. The standard InChI is InChI=1S/C12H19ClN2O3S/c1-4-18-6-5-15(3)19(16,17)12-8-11(14)9(2)7-10(12)13/h7-8H,4-6,14H2,1-3H3. The lowest BCUT2D eigenvalue weighted by Crippen LogP contribution is -2.30. The molecule has 19 heavy (non-hydrogen) atoms. The number of aryl methyl sites for hydroxylation is 1. The molecule has 0 atom stereocenters. The van der Waals surface area contributed by atoms with E-state index in [0.29, 0.717) is 18.9 Å². The summed E-state index contributed by atoms with van der Waals surface area (Å²) in [4.78, 5) is 0.0243. The van der Waals surface area contributed by atoms with Gasteiger partial charge in [-0.15, -0.1) is 0 Å². The van der Waals surface area contributed by atoms with Crippen molar-refractivity contribution in [1.82, 2.24) is 4.31 Å². The second-order valence-electron chi connectivity index (χ2n) is 4.16. The van der Waals surface area contributed by atoms with E-state index < -0.39 is 10.0 Å². The topological polar surface area (TPSA) is 72.6 Å². The summed E-state index contributed by atoms with van der Waals surface area (Å²) < 4.78 is 31.0. The summed E-state index contributed by atoms with van der Waals surface area (Å²) in [6, 6.07) is 2.95. The number of nitrogen functional groups attached to an aromatic ring is 1. The van der Waals surface area contributed by atoms with Crippen LogP contribution in [0.3, 0.4) is 0 Å². The first-order chi connectivity index (χ1) is 8.80. The van der Waals surface area contributed by atoms with Crippen molar-refractivity contribution in [2.24, 2.45) is 0 Å². The zero-order chi connectivity index (χ0) is 14.6. The number of nitrogens with zero attached hydrogens (tertiary/aromatic N) is 1. The number of hydrogen-bond acceptors (Lipinski definition) is 4. The van der Waals surface area contributed by atoms with Crippen molar-refractivity contribution in [3.05, 3.63) is 22.7 Å². The number of likely N-dealkylation sites (N-methyl/N-ethyl adjacent to an activating group) is 1. The summed E-state index contributed by atoms with van der Waals surface area (Å²) in [5.41, 5.74) is 6.90. The van der Waals surface area contributed by atoms with Gasteiger partial charge < -0.3 is 10.5 Å². The van der Waals surface area contributed by atoms with Gasteiger partial charge in [0, 0.05) is 25.9 Å². The van der Waals surface area contributed by atoms with Crippen molar-refractivity contribution < 1.29 is 13.2 Å². The number of halogens is 1. The number of rotatable bonds is 6. The maximum atomic E-state index is 12.3. The van der Waals surface area contributed by atoms with Crippen LogP contribution < -0.4 is 5.73 Å². The molecule has 1 aromatic rings. The van der Waals surface area contributed by atoms with Crippen molar-refractivity contribution >= 4 is 27.3 Å². The summed E-state index contributed by atoms with van der Waals surface area (Å²) in [5.74, 6) is 0. The number of nitrogens with two attached hydrogens (primary N) is 1. The van der Waals surface area contributed by atoms with Crippen LogP contribution in [0.2, 0.25) is 5.02 Å². The summed E-state index contributed by atoms with van der Waals surface area (Å²) in [6.45, 7) is 4.78. The van der Waals surface area contributed by atoms with Gasteiger partial charge >= 0.3 is 0 Å². The minimum atomic E-state index is -3.65. The van der Waals surface area contributed by atoms with E-state index in [1.165, 1.54) is 17.4 Å². The summed E-state index contributed by atoms with van der Waals surface area (Å²) in [7, 11) is -2.16. The molecule has 0 heterocycles. The van der Waals surface area contributed by atoms with Crippen LogP contribution in [-0.4, -0.2) is 39.5 Å². The van der Waals surface area contributed by atoms with Gasteiger partial charge in [0.25, 0.3) is 0 Å². The van der Waals surface area contributed by atoms with E-state index in [9.17, 15) is 8.42 Å². The van der Waals surface area contributed by atoms with Crippen molar-refractivity contribution in [3.63, 3.8) is 0 Å². The van der Waals surface area contributed by atoms with Crippen LogP contribution >= 0.6 is 11.6 Å². The highest BCUT2D eigenvalue weighted by atomic mass is 35.5. The summed E-state index contributed by atoms with van der Waals surface area (Å²) in [5, 5.41) is 0.176. The molecule has 0 unspecified atom stereocenters. The molecular formula is C12H19ClN2O3S. The number of benzene rings is 1. The lowest BCUT2D eigenvalue weighted by Gasteiger charge is -2.18. The fraction of sp³-hybridized carbons (Fsp3) is 0.500. The first kappa shape index (κ1) is 16.2. The van der Waals surface area contributed by atoms with Gasteiger partial charge in [-0.25, -0.2) is 8.42 Å². The Morgan fingerprint density at radius 1 is 1.42 bits per heavy atom. The Kier molecular flexibility index (Phi) is 5.61. The number of ether oxygens (including phenoxy) is 1. The maximum absolute atomic E-state index is 12.3. The van der Waals surface area contributed by atoms with Crippen LogP contribution in [0.4, 0.5) is 5.69 Å². The Balaban J connectivity index is 3.03. The zero-order valence-electron chi connectivity index (χ0n) is 11.3. The molecule has 108 valence electrons. The molecule has 7 heteroatoms. The highest BCUT2D eigenvalue weighted by Crippen LogP contribution is 2.28. The predicted octanol–water partition coefficient (Wildman–Crippen LogP) is 1.89. The van der Waals surface area contributed by atoms with Crippen molar-refractivity contribution in [2.45, 2.75) is 18.7 Å². The minimum Gasteiger partial charge on any atom is -0.398 e. The van der Waals surface area contributed by atoms with Crippen LogP contribution in [0, 0.1) is 6.92 Å². The Morgan fingerprint density at radius 2 is 2.05 bits per heavy atom. The molecule has 5 nitrogen and oxygen atoms in total. The van der Waals surface area contributed by atoms with Gasteiger partial charge in [0.2, 0.25) is 10.0 Å².